The first-order valence-corrected chi connectivity index (χ1v) is 14.7. The van der Waals surface area contributed by atoms with Crippen molar-refractivity contribution in [1.82, 2.24) is 0 Å². The third-order valence-corrected chi connectivity index (χ3v) is 8.51. The molecule has 0 atom stereocenters. The van der Waals surface area contributed by atoms with Gasteiger partial charge in [0.25, 0.3) is 0 Å². The average molecular weight is 552 g/mol. The Labute approximate surface area is 250 Å². The molecule has 8 rings (SSSR count). The van der Waals surface area contributed by atoms with Crippen LogP contribution in [0.2, 0.25) is 0 Å². The van der Waals surface area contributed by atoms with Gasteiger partial charge in [0.1, 0.15) is 11.2 Å². The number of nitrogens with zero attached hydrogens (tertiary/aromatic N) is 1. The van der Waals surface area contributed by atoms with E-state index in [1.807, 2.05) is 6.07 Å². The van der Waals surface area contributed by atoms with E-state index in [1.165, 1.54) is 38.2 Å². The molecule has 43 heavy (non-hydrogen) atoms. The van der Waals surface area contributed by atoms with Crippen molar-refractivity contribution in [3.05, 3.63) is 157 Å². The summed E-state index contributed by atoms with van der Waals surface area (Å²) in [6, 6.07) is 51.8. The highest BCUT2D eigenvalue weighted by atomic mass is 16.3. The average Bonchev–Trinajstić information content (AvgIpc) is 3.45. The molecule has 0 bridgehead atoms. The second-order valence-electron chi connectivity index (χ2n) is 11.2. The molecule has 0 aliphatic rings. The number of aliphatic imine (C=N–C) groups is 1. The van der Waals surface area contributed by atoms with Gasteiger partial charge >= 0.3 is 0 Å². The largest absolute Gasteiger partial charge is 0.456 e. The topological polar surface area (TPSA) is 25.5 Å². The summed E-state index contributed by atoms with van der Waals surface area (Å²) < 4.78 is 6.37. The van der Waals surface area contributed by atoms with Gasteiger partial charge < -0.3 is 4.42 Å². The lowest BCUT2D eigenvalue weighted by molar-refractivity contribution is 0.669. The van der Waals surface area contributed by atoms with Crippen molar-refractivity contribution in [3.8, 4) is 22.3 Å². The lowest BCUT2D eigenvalue weighted by Crippen LogP contribution is -1.96. The van der Waals surface area contributed by atoms with Gasteiger partial charge in [-0.15, -0.1) is 0 Å². The van der Waals surface area contributed by atoms with E-state index >= 15 is 0 Å². The van der Waals surface area contributed by atoms with Crippen molar-refractivity contribution in [1.29, 1.82) is 0 Å². The summed E-state index contributed by atoms with van der Waals surface area (Å²) >= 11 is 0. The molecule has 2 nitrogen and oxygen atoms in total. The third-order valence-electron chi connectivity index (χ3n) is 8.51. The summed E-state index contributed by atoms with van der Waals surface area (Å²) in [5, 5.41) is 7.33. The Morgan fingerprint density at radius 2 is 1.26 bits per heavy atom. The number of furan rings is 1. The van der Waals surface area contributed by atoms with E-state index in [2.05, 4.69) is 146 Å². The zero-order valence-corrected chi connectivity index (χ0v) is 23.9. The predicted molar refractivity (Wildman–Crippen MR) is 182 cm³/mol. The smallest absolute Gasteiger partial charge is 0.136 e. The van der Waals surface area contributed by atoms with Crippen LogP contribution < -0.4 is 0 Å². The van der Waals surface area contributed by atoms with Gasteiger partial charge in [-0.3, -0.25) is 4.99 Å². The molecule has 7 aromatic carbocycles. The maximum absolute atomic E-state index is 6.37. The van der Waals surface area contributed by atoms with E-state index in [0.29, 0.717) is 6.54 Å². The molecule has 0 saturated heterocycles. The Bertz CT molecular complexity index is 2320. The summed E-state index contributed by atoms with van der Waals surface area (Å²) in [4.78, 5) is 4.89. The second-order valence-corrected chi connectivity index (χ2v) is 11.2. The van der Waals surface area contributed by atoms with Gasteiger partial charge in [-0.05, 0) is 92.2 Å². The minimum Gasteiger partial charge on any atom is -0.456 e. The molecule has 0 saturated carbocycles. The lowest BCUT2D eigenvalue weighted by atomic mass is 9.94. The summed E-state index contributed by atoms with van der Waals surface area (Å²) in [5.74, 6) is 0. The molecule has 2 heteroatoms. The van der Waals surface area contributed by atoms with Crippen LogP contribution >= 0.6 is 0 Å². The highest BCUT2D eigenvalue weighted by Gasteiger charge is 2.14. The Balaban J connectivity index is 1.23. The van der Waals surface area contributed by atoms with Crippen LogP contribution in [0.5, 0.6) is 0 Å². The van der Waals surface area contributed by atoms with Crippen molar-refractivity contribution in [2.45, 2.75) is 13.5 Å². The quantitative estimate of drug-likeness (QED) is 0.154. The van der Waals surface area contributed by atoms with Crippen molar-refractivity contribution in [2.24, 2.45) is 4.99 Å². The van der Waals surface area contributed by atoms with Crippen LogP contribution in [0.15, 0.2) is 155 Å². The summed E-state index contributed by atoms with van der Waals surface area (Å²) in [6.45, 7) is 2.77. The van der Waals surface area contributed by atoms with E-state index < -0.39 is 0 Å². The maximum atomic E-state index is 6.37. The van der Waals surface area contributed by atoms with Crippen molar-refractivity contribution in [2.75, 3.05) is 0 Å². The number of hydrogen-bond donors (Lipinski definition) is 0. The van der Waals surface area contributed by atoms with E-state index in [9.17, 15) is 0 Å². The molecule has 0 fully saturated rings. The number of hydrogen-bond acceptors (Lipinski definition) is 2. The minimum atomic E-state index is 0.673. The molecule has 0 spiro atoms. The van der Waals surface area contributed by atoms with Crippen molar-refractivity contribution in [3.63, 3.8) is 0 Å². The summed E-state index contributed by atoms with van der Waals surface area (Å²) in [7, 11) is 0. The van der Waals surface area contributed by atoms with Crippen LogP contribution in [0.3, 0.4) is 0 Å². The maximum Gasteiger partial charge on any atom is 0.136 e. The summed E-state index contributed by atoms with van der Waals surface area (Å²) in [5.41, 5.74) is 9.86. The lowest BCUT2D eigenvalue weighted by Gasteiger charge is -2.09. The first-order valence-electron chi connectivity index (χ1n) is 14.7. The van der Waals surface area contributed by atoms with Gasteiger partial charge in [0.05, 0.1) is 6.54 Å². The van der Waals surface area contributed by atoms with Crippen LogP contribution in [0.25, 0.3) is 65.7 Å². The van der Waals surface area contributed by atoms with Gasteiger partial charge in [0, 0.05) is 16.5 Å². The second kappa shape index (κ2) is 10.4. The van der Waals surface area contributed by atoms with Gasteiger partial charge in [0.2, 0.25) is 0 Å². The molecule has 0 unspecified atom stereocenters. The number of rotatable bonds is 5. The van der Waals surface area contributed by atoms with E-state index in [-0.39, 0.29) is 0 Å². The van der Waals surface area contributed by atoms with Gasteiger partial charge in [0.15, 0.2) is 0 Å². The Morgan fingerprint density at radius 3 is 2.14 bits per heavy atom. The number of fused-ring (bicyclic) bond motifs is 6. The number of benzene rings is 7. The van der Waals surface area contributed by atoms with Gasteiger partial charge in [-0.1, -0.05) is 115 Å². The Hall–Kier alpha value is -5.47. The van der Waals surface area contributed by atoms with E-state index in [4.69, 9.17) is 9.41 Å². The van der Waals surface area contributed by atoms with Crippen LogP contribution in [0.1, 0.15) is 18.1 Å². The normalized spacial score (nSPS) is 12.1. The molecule has 1 heterocycles. The molecule has 0 radical (unpaired) electrons. The van der Waals surface area contributed by atoms with Gasteiger partial charge in [-0.2, -0.15) is 0 Å². The predicted octanol–water partition coefficient (Wildman–Crippen LogP) is 11.2. The SMILES string of the molecule is C/C(=N\Cc1ccccc1)c1cccc(-c2cccc3oc4ccc(-c5ccc6ccc7ccccc7c6c5)cc4c23)c1. The van der Waals surface area contributed by atoms with Crippen molar-refractivity contribution < 1.29 is 4.42 Å². The van der Waals surface area contributed by atoms with Crippen LogP contribution in [0.4, 0.5) is 0 Å². The molecule has 1 aromatic heterocycles. The highest BCUT2D eigenvalue weighted by molar-refractivity contribution is 6.14. The summed E-state index contributed by atoms with van der Waals surface area (Å²) in [6.07, 6.45) is 0. The highest BCUT2D eigenvalue weighted by Crippen LogP contribution is 2.39. The monoisotopic (exact) mass is 551 g/mol. The van der Waals surface area contributed by atoms with Crippen LogP contribution in [-0.2, 0) is 6.54 Å². The molecule has 204 valence electrons. The Morgan fingerprint density at radius 1 is 0.535 bits per heavy atom. The molecular formula is C41H29NO. The molecule has 0 aliphatic heterocycles. The standard InChI is InChI=1S/C41H29NO/c1-27(42-26-28-9-3-2-4-10-28)31-12-7-13-34(23-31)36-15-8-16-40-41(36)38-25-33(21-22-39(38)43-40)32-20-19-30-18-17-29-11-5-6-14-35(29)37(30)24-32/h2-25H,26H2,1H3/b42-27+. The molecule has 8 aromatic rings. The first kappa shape index (κ1) is 25.3. The molecular weight excluding hydrogens is 522 g/mol. The van der Waals surface area contributed by atoms with Gasteiger partial charge in [-0.25, -0.2) is 0 Å². The molecule has 0 aliphatic carbocycles. The minimum absolute atomic E-state index is 0.673. The fourth-order valence-corrected chi connectivity index (χ4v) is 6.22. The van der Waals surface area contributed by atoms with Crippen LogP contribution in [0, 0.1) is 0 Å². The van der Waals surface area contributed by atoms with E-state index in [1.54, 1.807) is 0 Å². The van der Waals surface area contributed by atoms with Crippen LogP contribution in [-0.4, -0.2) is 5.71 Å². The fourth-order valence-electron chi connectivity index (χ4n) is 6.22. The zero-order chi connectivity index (χ0) is 28.8. The zero-order valence-electron chi connectivity index (χ0n) is 23.9. The molecule has 0 amide bonds. The Kier molecular flexibility index (Phi) is 6.12. The third kappa shape index (κ3) is 4.58. The van der Waals surface area contributed by atoms with Crippen molar-refractivity contribution >= 4 is 49.2 Å². The van der Waals surface area contributed by atoms with E-state index in [0.717, 1.165) is 44.3 Å². The fraction of sp³-hybridized carbons (Fsp3) is 0.0488. The molecule has 0 N–H and O–H groups in total. The first-order chi connectivity index (χ1) is 21.2.